The van der Waals surface area contributed by atoms with Crippen molar-refractivity contribution in [1.29, 1.82) is 0 Å². The Labute approximate surface area is 190 Å². The highest BCUT2D eigenvalue weighted by Crippen LogP contribution is 2.58. The Bertz CT molecular complexity index is 1180. The molecule has 3 aromatic rings. The van der Waals surface area contributed by atoms with Crippen LogP contribution in [0.4, 0.5) is 5.69 Å². The standard InChI is InChI=1S/C25H20Cl2N2O2/c1-14-21(15-7-9-17(26)10-8-15)25(19-12-11-18(27)13-20(19)28-24(25)31)22(29-23(14)30)16-5-3-2-4-6-16/h2-14,21-22H,1H3,(H,28,31)(H,29,30)/t14-,21-,22+,25-/m0/s1. The summed E-state index contributed by atoms with van der Waals surface area (Å²) in [6.07, 6.45) is 0. The predicted molar refractivity (Wildman–Crippen MR) is 122 cm³/mol. The highest BCUT2D eigenvalue weighted by Gasteiger charge is 2.63. The SMILES string of the molecule is C[C@@H]1C(=O)N[C@H](c2ccccc2)[C@@]2(C(=O)Nc3cc(Cl)ccc32)[C@@H]1c1ccc(Cl)cc1. The summed E-state index contributed by atoms with van der Waals surface area (Å²) in [5.74, 6) is -1.07. The largest absolute Gasteiger partial charge is 0.348 e. The van der Waals surface area contributed by atoms with Crippen molar-refractivity contribution in [3.63, 3.8) is 0 Å². The molecule has 2 N–H and O–H groups in total. The highest BCUT2D eigenvalue weighted by molar-refractivity contribution is 6.31. The third-order valence-corrected chi connectivity index (χ3v) is 7.05. The van der Waals surface area contributed by atoms with Crippen LogP contribution in [-0.2, 0) is 15.0 Å². The second-order valence-electron chi connectivity index (χ2n) is 8.18. The van der Waals surface area contributed by atoms with Crippen LogP contribution in [0.5, 0.6) is 0 Å². The highest BCUT2D eigenvalue weighted by atomic mass is 35.5. The molecule has 4 nitrogen and oxygen atoms in total. The van der Waals surface area contributed by atoms with Gasteiger partial charge in [-0.2, -0.15) is 0 Å². The minimum Gasteiger partial charge on any atom is -0.348 e. The number of rotatable bonds is 2. The van der Waals surface area contributed by atoms with E-state index in [2.05, 4.69) is 10.6 Å². The normalized spacial score (nSPS) is 27.0. The van der Waals surface area contributed by atoms with E-state index < -0.39 is 23.3 Å². The fourth-order valence-electron chi connectivity index (χ4n) is 5.25. The van der Waals surface area contributed by atoms with Crippen LogP contribution in [-0.4, -0.2) is 11.8 Å². The number of hydrogen-bond donors (Lipinski definition) is 2. The predicted octanol–water partition coefficient (Wildman–Crippen LogP) is 5.47. The fourth-order valence-corrected chi connectivity index (χ4v) is 5.55. The van der Waals surface area contributed by atoms with Gasteiger partial charge in [-0.05, 0) is 41.0 Å². The lowest BCUT2D eigenvalue weighted by molar-refractivity contribution is -0.135. The van der Waals surface area contributed by atoms with Crippen LogP contribution in [0.25, 0.3) is 0 Å². The molecule has 4 atom stereocenters. The van der Waals surface area contributed by atoms with E-state index in [1.54, 1.807) is 24.3 Å². The van der Waals surface area contributed by atoms with E-state index in [1.165, 1.54) is 0 Å². The molecule has 0 saturated carbocycles. The van der Waals surface area contributed by atoms with Crippen LogP contribution in [0.15, 0.2) is 72.8 Å². The van der Waals surface area contributed by atoms with E-state index in [-0.39, 0.29) is 11.8 Å². The molecule has 2 heterocycles. The molecule has 1 saturated heterocycles. The van der Waals surface area contributed by atoms with Crippen LogP contribution in [0.1, 0.15) is 35.6 Å². The van der Waals surface area contributed by atoms with Gasteiger partial charge in [0.05, 0.1) is 6.04 Å². The average molecular weight is 451 g/mol. The molecule has 0 bridgehead atoms. The van der Waals surface area contributed by atoms with Crippen molar-refractivity contribution in [3.05, 3.63) is 99.5 Å². The summed E-state index contributed by atoms with van der Waals surface area (Å²) in [6, 6.07) is 22.0. The van der Waals surface area contributed by atoms with Gasteiger partial charge in [-0.25, -0.2) is 0 Å². The summed E-state index contributed by atoms with van der Waals surface area (Å²) in [5, 5.41) is 7.35. The fraction of sp³-hybridized carbons (Fsp3) is 0.200. The Morgan fingerprint density at radius 3 is 2.23 bits per heavy atom. The van der Waals surface area contributed by atoms with E-state index in [4.69, 9.17) is 23.2 Å². The third-order valence-electron chi connectivity index (χ3n) is 6.56. The lowest BCUT2D eigenvalue weighted by Gasteiger charge is -2.49. The lowest BCUT2D eigenvalue weighted by Crippen LogP contribution is -2.60. The van der Waals surface area contributed by atoms with E-state index in [9.17, 15) is 9.59 Å². The lowest BCUT2D eigenvalue weighted by atomic mass is 9.56. The maximum Gasteiger partial charge on any atom is 0.238 e. The Morgan fingerprint density at radius 1 is 0.839 bits per heavy atom. The van der Waals surface area contributed by atoms with Crippen molar-refractivity contribution < 1.29 is 9.59 Å². The van der Waals surface area contributed by atoms with E-state index in [0.29, 0.717) is 15.7 Å². The van der Waals surface area contributed by atoms with E-state index in [0.717, 1.165) is 16.7 Å². The molecule has 2 aliphatic rings. The van der Waals surface area contributed by atoms with Gasteiger partial charge in [0, 0.05) is 27.6 Å². The number of carbonyl (C=O) groups is 2. The number of anilines is 1. The second kappa shape index (κ2) is 7.40. The molecule has 0 aliphatic carbocycles. The number of benzene rings is 3. The summed E-state index contributed by atoms with van der Waals surface area (Å²) >= 11 is 12.4. The molecule has 2 aliphatic heterocycles. The van der Waals surface area contributed by atoms with Crippen LogP contribution in [0, 0.1) is 5.92 Å². The number of carbonyl (C=O) groups excluding carboxylic acids is 2. The van der Waals surface area contributed by atoms with Gasteiger partial charge in [0.15, 0.2) is 0 Å². The topological polar surface area (TPSA) is 58.2 Å². The summed E-state index contributed by atoms with van der Waals surface area (Å²) in [6.45, 7) is 1.87. The van der Waals surface area contributed by atoms with Gasteiger partial charge in [-0.3, -0.25) is 9.59 Å². The minimum absolute atomic E-state index is 0.0883. The average Bonchev–Trinajstić information content (AvgIpc) is 3.04. The van der Waals surface area contributed by atoms with Crippen molar-refractivity contribution in [2.45, 2.75) is 24.3 Å². The molecular weight excluding hydrogens is 431 g/mol. The van der Waals surface area contributed by atoms with Crippen LogP contribution < -0.4 is 10.6 Å². The van der Waals surface area contributed by atoms with Gasteiger partial charge >= 0.3 is 0 Å². The molecule has 2 amide bonds. The summed E-state index contributed by atoms with van der Waals surface area (Å²) in [7, 11) is 0. The summed E-state index contributed by atoms with van der Waals surface area (Å²) < 4.78 is 0. The zero-order valence-electron chi connectivity index (χ0n) is 16.7. The number of halogens is 2. The van der Waals surface area contributed by atoms with Gasteiger partial charge in [0.1, 0.15) is 5.41 Å². The minimum atomic E-state index is -1.04. The maximum absolute atomic E-state index is 13.9. The van der Waals surface area contributed by atoms with E-state index in [1.807, 2.05) is 55.5 Å². The Morgan fingerprint density at radius 2 is 1.52 bits per heavy atom. The van der Waals surface area contributed by atoms with Crippen molar-refractivity contribution in [2.75, 3.05) is 5.32 Å². The first kappa shape index (κ1) is 20.1. The molecule has 156 valence electrons. The molecule has 1 fully saturated rings. The maximum atomic E-state index is 13.9. The van der Waals surface area contributed by atoms with Gasteiger partial charge < -0.3 is 10.6 Å². The number of hydrogen-bond acceptors (Lipinski definition) is 2. The van der Waals surface area contributed by atoms with Gasteiger partial charge in [0.25, 0.3) is 0 Å². The molecular formula is C25H20Cl2N2O2. The van der Waals surface area contributed by atoms with Gasteiger partial charge in [-0.15, -0.1) is 0 Å². The zero-order valence-corrected chi connectivity index (χ0v) is 18.2. The smallest absolute Gasteiger partial charge is 0.238 e. The number of fused-ring (bicyclic) bond motifs is 2. The molecule has 0 radical (unpaired) electrons. The van der Waals surface area contributed by atoms with Crippen LogP contribution in [0.3, 0.4) is 0 Å². The third kappa shape index (κ3) is 2.97. The molecule has 0 unspecified atom stereocenters. The number of amides is 2. The number of nitrogens with one attached hydrogen (secondary N) is 2. The molecule has 5 rings (SSSR count). The van der Waals surface area contributed by atoms with Crippen molar-refractivity contribution >= 4 is 40.7 Å². The molecule has 0 aromatic heterocycles. The van der Waals surface area contributed by atoms with Gasteiger partial charge in [-0.1, -0.05) is 78.7 Å². The Kier molecular flexibility index (Phi) is 4.80. The van der Waals surface area contributed by atoms with Crippen molar-refractivity contribution in [2.24, 2.45) is 5.92 Å². The van der Waals surface area contributed by atoms with E-state index >= 15 is 0 Å². The molecule has 3 aromatic carbocycles. The second-order valence-corrected chi connectivity index (χ2v) is 9.06. The zero-order chi connectivity index (χ0) is 21.8. The Balaban J connectivity index is 1.83. The quantitative estimate of drug-likeness (QED) is 0.543. The summed E-state index contributed by atoms with van der Waals surface area (Å²) in [5.41, 5.74) is 2.25. The first-order valence-electron chi connectivity index (χ1n) is 10.1. The summed E-state index contributed by atoms with van der Waals surface area (Å²) in [4.78, 5) is 27.0. The molecule has 6 heteroatoms. The first-order chi connectivity index (χ1) is 14.9. The van der Waals surface area contributed by atoms with Crippen LogP contribution >= 0.6 is 23.2 Å². The Hall–Kier alpha value is -2.82. The monoisotopic (exact) mass is 450 g/mol. The first-order valence-corrected chi connectivity index (χ1v) is 10.9. The molecule has 31 heavy (non-hydrogen) atoms. The van der Waals surface area contributed by atoms with Crippen molar-refractivity contribution in [3.8, 4) is 0 Å². The van der Waals surface area contributed by atoms with Gasteiger partial charge in [0.2, 0.25) is 11.8 Å². The number of piperidine rings is 1. The van der Waals surface area contributed by atoms with Crippen LogP contribution in [0.2, 0.25) is 10.0 Å². The van der Waals surface area contributed by atoms with Crippen molar-refractivity contribution in [1.82, 2.24) is 5.32 Å². The molecule has 1 spiro atoms.